The summed E-state index contributed by atoms with van der Waals surface area (Å²) in [5.41, 5.74) is 0. The number of oxime groups is 1. The summed E-state index contributed by atoms with van der Waals surface area (Å²) < 4.78 is 4.57. The quantitative estimate of drug-likeness (QED) is 0.257. The second-order valence-corrected chi connectivity index (χ2v) is 2.03. The summed E-state index contributed by atoms with van der Waals surface area (Å²) in [6, 6.07) is 0. The predicted octanol–water partition coefficient (Wildman–Crippen LogP) is 0.141. The van der Waals surface area contributed by atoms with Crippen molar-refractivity contribution >= 4 is 18.0 Å². The lowest BCUT2D eigenvalue weighted by atomic mass is 10.3. The number of carbonyl (C=O) groups excluding carboxylic acids is 2. The monoisotopic (exact) mass is 173 g/mol. The lowest BCUT2D eigenvalue weighted by molar-refractivity contribution is -0.144. The van der Waals surface area contributed by atoms with Crippen LogP contribution < -0.4 is 0 Å². The number of hydrogen-bond acceptors (Lipinski definition) is 5. The van der Waals surface area contributed by atoms with Gasteiger partial charge in [-0.2, -0.15) is 0 Å². The molecule has 0 saturated heterocycles. The van der Waals surface area contributed by atoms with E-state index in [1.54, 1.807) is 0 Å². The first-order valence-corrected chi connectivity index (χ1v) is 3.37. The Morgan fingerprint density at radius 2 is 2.17 bits per heavy atom. The van der Waals surface area contributed by atoms with Crippen molar-refractivity contribution in [2.24, 2.45) is 5.16 Å². The van der Waals surface area contributed by atoms with Gasteiger partial charge in [0, 0.05) is 0 Å². The first kappa shape index (κ1) is 10.6. The average Bonchev–Trinajstić information content (AvgIpc) is 1.97. The number of hydrogen-bond donors (Lipinski definition) is 0. The third kappa shape index (κ3) is 6.73. The maximum atomic E-state index is 10.7. The third-order valence-corrected chi connectivity index (χ3v) is 0.892. The second kappa shape index (κ2) is 6.33. The van der Waals surface area contributed by atoms with E-state index >= 15 is 0 Å². The van der Waals surface area contributed by atoms with Crippen molar-refractivity contribution in [3.63, 3.8) is 0 Å². The molecular formula is C7H11NO4. The van der Waals surface area contributed by atoms with Crippen LogP contribution in [-0.2, 0) is 19.2 Å². The lowest BCUT2D eigenvalue weighted by Gasteiger charge is -1.97. The van der Waals surface area contributed by atoms with Crippen LogP contribution in [0, 0.1) is 0 Å². The van der Waals surface area contributed by atoms with Crippen LogP contribution in [0.4, 0.5) is 0 Å². The van der Waals surface area contributed by atoms with E-state index in [4.69, 9.17) is 0 Å². The van der Waals surface area contributed by atoms with Crippen LogP contribution in [0.5, 0.6) is 0 Å². The highest BCUT2D eigenvalue weighted by Gasteiger charge is 2.04. The fourth-order valence-corrected chi connectivity index (χ4v) is 0.489. The molecule has 0 N–H and O–H groups in total. The van der Waals surface area contributed by atoms with Gasteiger partial charge in [-0.1, -0.05) is 5.16 Å². The summed E-state index contributed by atoms with van der Waals surface area (Å²) in [6.07, 6.45) is 1.10. The molecule has 5 heteroatoms. The highest BCUT2D eigenvalue weighted by Crippen LogP contribution is 1.86. The Kier molecular flexibility index (Phi) is 5.60. The summed E-state index contributed by atoms with van der Waals surface area (Å²) in [5.74, 6) is -0.770. The number of esters is 1. The molecule has 0 aliphatic rings. The van der Waals surface area contributed by atoms with E-state index in [0.717, 1.165) is 0 Å². The lowest BCUT2D eigenvalue weighted by Crippen LogP contribution is -2.10. The molecule has 68 valence electrons. The van der Waals surface area contributed by atoms with Gasteiger partial charge < -0.3 is 9.57 Å². The fourth-order valence-electron chi connectivity index (χ4n) is 0.489. The number of Topliss-reactive ketones (excluding diaryl/α,β-unsaturated/α-hetero) is 1. The van der Waals surface area contributed by atoms with Gasteiger partial charge in [-0.25, -0.2) is 0 Å². The Balaban J connectivity index is 3.44. The van der Waals surface area contributed by atoms with E-state index in [0.29, 0.717) is 0 Å². The molecule has 0 fully saturated rings. The SMILES string of the molecule is CO/N=C/COC(=O)CC(C)=O. The van der Waals surface area contributed by atoms with Crippen molar-refractivity contribution in [2.75, 3.05) is 13.7 Å². The molecule has 0 rings (SSSR count). The third-order valence-electron chi connectivity index (χ3n) is 0.892. The molecule has 0 amide bonds. The maximum absolute atomic E-state index is 10.7. The standard InChI is InChI=1S/C7H11NO4/c1-6(9)5-7(10)12-4-3-8-11-2/h3H,4-5H2,1-2H3/b8-3+. The van der Waals surface area contributed by atoms with Gasteiger partial charge in [-0.3, -0.25) is 9.59 Å². The molecule has 0 atom stereocenters. The molecule has 0 aromatic rings. The summed E-state index contributed by atoms with van der Waals surface area (Å²) in [5, 5.41) is 3.34. The molecule has 0 aliphatic carbocycles. The van der Waals surface area contributed by atoms with Crippen LogP contribution in [-0.4, -0.2) is 31.7 Å². The van der Waals surface area contributed by atoms with Crippen molar-refractivity contribution in [1.82, 2.24) is 0 Å². The molecule has 12 heavy (non-hydrogen) atoms. The molecule has 0 unspecified atom stereocenters. The van der Waals surface area contributed by atoms with Gasteiger partial charge >= 0.3 is 5.97 Å². The van der Waals surface area contributed by atoms with Gasteiger partial charge in [0.1, 0.15) is 25.9 Å². The topological polar surface area (TPSA) is 65.0 Å². The Morgan fingerprint density at radius 1 is 1.50 bits per heavy atom. The minimum Gasteiger partial charge on any atom is -0.459 e. The van der Waals surface area contributed by atoms with E-state index in [9.17, 15) is 9.59 Å². The molecule has 0 saturated carbocycles. The Hall–Kier alpha value is -1.39. The normalized spacial score (nSPS) is 9.83. The van der Waals surface area contributed by atoms with Crippen LogP contribution in [0.2, 0.25) is 0 Å². The van der Waals surface area contributed by atoms with E-state index in [-0.39, 0.29) is 18.8 Å². The Morgan fingerprint density at radius 3 is 2.67 bits per heavy atom. The summed E-state index contributed by atoms with van der Waals surface area (Å²) in [6.45, 7) is 1.35. The fraction of sp³-hybridized carbons (Fsp3) is 0.571. The van der Waals surface area contributed by atoms with Gasteiger partial charge in [0.05, 0.1) is 6.21 Å². The number of carbonyl (C=O) groups is 2. The molecule has 0 aliphatic heterocycles. The summed E-state index contributed by atoms with van der Waals surface area (Å²) in [7, 11) is 1.38. The smallest absolute Gasteiger partial charge is 0.313 e. The molecule has 5 nitrogen and oxygen atoms in total. The summed E-state index contributed by atoms with van der Waals surface area (Å²) >= 11 is 0. The second-order valence-electron chi connectivity index (χ2n) is 2.03. The van der Waals surface area contributed by atoms with Gasteiger partial charge in [-0.05, 0) is 6.92 Å². The van der Waals surface area contributed by atoms with Gasteiger partial charge in [-0.15, -0.1) is 0 Å². The minimum absolute atomic E-state index is 0.0277. The largest absolute Gasteiger partial charge is 0.459 e. The molecular weight excluding hydrogens is 162 g/mol. The zero-order valence-corrected chi connectivity index (χ0v) is 7.07. The number of ketones is 1. The average molecular weight is 173 g/mol. The van der Waals surface area contributed by atoms with Crippen molar-refractivity contribution in [3.05, 3.63) is 0 Å². The van der Waals surface area contributed by atoms with Gasteiger partial charge in [0.15, 0.2) is 0 Å². The predicted molar refractivity (Wildman–Crippen MR) is 41.8 cm³/mol. The van der Waals surface area contributed by atoms with Crippen LogP contribution >= 0.6 is 0 Å². The van der Waals surface area contributed by atoms with Crippen LogP contribution in [0.15, 0.2) is 5.16 Å². The zero-order valence-electron chi connectivity index (χ0n) is 7.07. The number of nitrogens with zero attached hydrogens (tertiary/aromatic N) is 1. The zero-order chi connectivity index (χ0) is 9.40. The Bertz CT molecular complexity index is 188. The molecule has 0 bridgehead atoms. The van der Waals surface area contributed by atoms with Crippen molar-refractivity contribution in [3.8, 4) is 0 Å². The van der Waals surface area contributed by atoms with E-state index < -0.39 is 5.97 Å². The number of rotatable bonds is 5. The Labute approximate surface area is 70.3 Å². The van der Waals surface area contributed by atoms with E-state index in [2.05, 4.69) is 14.7 Å². The minimum atomic E-state index is -0.551. The summed E-state index contributed by atoms with van der Waals surface area (Å²) in [4.78, 5) is 25.4. The first-order chi connectivity index (χ1) is 5.66. The molecule has 0 spiro atoms. The van der Waals surface area contributed by atoms with E-state index in [1.165, 1.54) is 20.2 Å². The highest BCUT2D eigenvalue weighted by molar-refractivity contribution is 5.94. The van der Waals surface area contributed by atoms with Gasteiger partial charge in [0.2, 0.25) is 0 Å². The molecule has 0 aromatic heterocycles. The van der Waals surface area contributed by atoms with Crippen LogP contribution in [0.25, 0.3) is 0 Å². The first-order valence-electron chi connectivity index (χ1n) is 3.37. The van der Waals surface area contributed by atoms with Gasteiger partial charge in [0.25, 0.3) is 0 Å². The van der Waals surface area contributed by atoms with Crippen molar-refractivity contribution < 1.29 is 19.2 Å². The van der Waals surface area contributed by atoms with Crippen LogP contribution in [0.1, 0.15) is 13.3 Å². The molecule has 0 aromatic carbocycles. The van der Waals surface area contributed by atoms with Crippen LogP contribution in [0.3, 0.4) is 0 Å². The number of ether oxygens (including phenoxy) is 1. The molecule has 0 heterocycles. The maximum Gasteiger partial charge on any atom is 0.313 e. The van der Waals surface area contributed by atoms with Crippen molar-refractivity contribution in [1.29, 1.82) is 0 Å². The van der Waals surface area contributed by atoms with E-state index in [1.807, 2.05) is 0 Å². The highest BCUT2D eigenvalue weighted by atomic mass is 16.6. The van der Waals surface area contributed by atoms with Crippen molar-refractivity contribution in [2.45, 2.75) is 13.3 Å². The molecule has 0 radical (unpaired) electrons.